The molecule has 0 spiro atoms. The normalized spacial score (nSPS) is 9.94. The van der Waals surface area contributed by atoms with Crippen LogP contribution in [0.15, 0.2) is 24.3 Å². The number of amides is 1. The first-order chi connectivity index (χ1) is 6.95. The average molecular weight is 340 g/mol. The van der Waals surface area contributed by atoms with Crippen LogP contribution in [0.25, 0.3) is 0 Å². The summed E-state index contributed by atoms with van der Waals surface area (Å²) in [6, 6.07) is 0. The molecule has 2 N–H and O–H groups in total. The SMILES string of the molecule is C=CCN(C)C.CCCC=C(C)C(N)=O.I. The lowest BCUT2D eigenvalue weighted by molar-refractivity contribution is -0.114. The minimum absolute atomic E-state index is 0. The summed E-state index contributed by atoms with van der Waals surface area (Å²) < 4.78 is 0. The number of hydrogen-bond donors (Lipinski definition) is 1. The molecule has 0 aliphatic heterocycles. The van der Waals surface area contributed by atoms with Gasteiger partial charge in [0, 0.05) is 12.1 Å². The van der Waals surface area contributed by atoms with Crippen LogP contribution in [0.3, 0.4) is 0 Å². The van der Waals surface area contributed by atoms with Gasteiger partial charge < -0.3 is 10.6 Å². The molecule has 0 bridgehead atoms. The third-order valence-corrected chi connectivity index (χ3v) is 1.62. The van der Waals surface area contributed by atoms with Gasteiger partial charge in [-0.2, -0.15) is 0 Å². The van der Waals surface area contributed by atoms with E-state index in [1.54, 1.807) is 6.92 Å². The summed E-state index contributed by atoms with van der Waals surface area (Å²) in [5.74, 6) is -0.316. The summed E-state index contributed by atoms with van der Waals surface area (Å²) in [6.07, 6.45) is 5.74. The molecule has 3 nitrogen and oxygen atoms in total. The molecule has 16 heavy (non-hydrogen) atoms. The Hall–Kier alpha value is -0.360. The van der Waals surface area contributed by atoms with Gasteiger partial charge in [-0.15, -0.1) is 30.6 Å². The molecule has 0 unspecified atom stereocenters. The highest BCUT2D eigenvalue weighted by Gasteiger charge is 1.93. The molecule has 0 aromatic carbocycles. The topological polar surface area (TPSA) is 46.3 Å². The Morgan fingerprint density at radius 2 is 1.94 bits per heavy atom. The van der Waals surface area contributed by atoms with E-state index < -0.39 is 0 Å². The lowest BCUT2D eigenvalue weighted by Crippen LogP contribution is -2.11. The molecule has 0 heterocycles. The van der Waals surface area contributed by atoms with Gasteiger partial charge in [0.2, 0.25) is 5.91 Å². The van der Waals surface area contributed by atoms with E-state index in [0.717, 1.165) is 19.4 Å². The number of allylic oxidation sites excluding steroid dienone is 1. The third-order valence-electron chi connectivity index (χ3n) is 1.62. The number of carbonyl (C=O) groups is 1. The van der Waals surface area contributed by atoms with Crippen molar-refractivity contribution >= 4 is 29.9 Å². The molecule has 0 fully saturated rings. The molecule has 0 atom stereocenters. The zero-order valence-corrected chi connectivity index (χ0v) is 13.2. The lowest BCUT2D eigenvalue weighted by atomic mass is 10.2. The van der Waals surface area contributed by atoms with Crippen molar-refractivity contribution in [2.75, 3.05) is 20.6 Å². The maximum Gasteiger partial charge on any atom is 0.244 e. The largest absolute Gasteiger partial charge is 0.366 e. The van der Waals surface area contributed by atoms with E-state index in [4.69, 9.17) is 5.73 Å². The number of primary amides is 1. The minimum Gasteiger partial charge on any atom is -0.366 e. The average Bonchev–Trinajstić information content (AvgIpc) is 2.14. The Bertz CT molecular complexity index is 213. The monoisotopic (exact) mass is 340 g/mol. The maximum absolute atomic E-state index is 10.4. The van der Waals surface area contributed by atoms with Gasteiger partial charge in [-0.05, 0) is 27.4 Å². The van der Waals surface area contributed by atoms with E-state index in [2.05, 4.69) is 18.4 Å². The number of hydrogen-bond acceptors (Lipinski definition) is 2. The van der Waals surface area contributed by atoms with E-state index in [1.165, 1.54) is 0 Å². The zero-order valence-electron chi connectivity index (χ0n) is 10.8. The molecule has 0 rings (SSSR count). The Balaban J connectivity index is -0.000000214. The van der Waals surface area contributed by atoms with Crippen molar-refractivity contribution in [1.82, 2.24) is 4.90 Å². The second-order valence-corrected chi connectivity index (χ2v) is 3.59. The zero-order chi connectivity index (χ0) is 12.3. The molecular weight excluding hydrogens is 315 g/mol. The molecular formula is C12H25IN2O. The van der Waals surface area contributed by atoms with Crippen LogP contribution in [0.5, 0.6) is 0 Å². The first-order valence-corrected chi connectivity index (χ1v) is 5.17. The maximum atomic E-state index is 10.4. The van der Waals surface area contributed by atoms with Crippen LogP contribution in [0.1, 0.15) is 26.7 Å². The fourth-order valence-electron chi connectivity index (χ4n) is 0.720. The smallest absolute Gasteiger partial charge is 0.244 e. The van der Waals surface area contributed by atoms with Crippen molar-refractivity contribution in [2.45, 2.75) is 26.7 Å². The van der Waals surface area contributed by atoms with Gasteiger partial charge in [-0.3, -0.25) is 4.79 Å². The van der Waals surface area contributed by atoms with Gasteiger partial charge >= 0.3 is 0 Å². The highest BCUT2D eigenvalue weighted by molar-refractivity contribution is 14.0. The van der Waals surface area contributed by atoms with E-state index in [0.29, 0.717) is 5.57 Å². The number of unbranched alkanes of at least 4 members (excludes halogenated alkanes) is 1. The van der Waals surface area contributed by atoms with Gasteiger partial charge in [0.15, 0.2) is 0 Å². The molecule has 0 saturated carbocycles. The van der Waals surface area contributed by atoms with Crippen LogP contribution in [0.2, 0.25) is 0 Å². The first-order valence-electron chi connectivity index (χ1n) is 5.17. The van der Waals surface area contributed by atoms with Gasteiger partial charge in [-0.1, -0.05) is 25.5 Å². The Labute approximate surface area is 117 Å². The molecule has 0 aliphatic carbocycles. The van der Waals surface area contributed by atoms with E-state index in [-0.39, 0.29) is 29.9 Å². The minimum atomic E-state index is -0.316. The molecule has 0 aromatic rings. The number of carbonyl (C=O) groups excluding carboxylic acids is 1. The molecule has 0 aromatic heterocycles. The second-order valence-electron chi connectivity index (χ2n) is 3.59. The predicted molar refractivity (Wildman–Crippen MR) is 82.0 cm³/mol. The number of nitrogens with zero attached hydrogens (tertiary/aromatic N) is 1. The summed E-state index contributed by atoms with van der Waals surface area (Å²) in [5.41, 5.74) is 5.63. The van der Waals surface area contributed by atoms with Crippen molar-refractivity contribution in [3.63, 3.8) is 0 Å². The van der Waals surface area contributed by atoms with Crippen LogP contribution < -0.4 is 5.73 Å². The van der Waals surface area contributed by atoms with E-state index >= 15 is 0 Å². The summed E-state index contributed by atoms with van der Waals surface area (Å²) in [6.45, 7) is 8.33. The van der Waals surface area contributed by atoms with Crippen molar-refractivity contribution in [1.29, 1.82) is 0 Å². The van der Waals surface area contributed by atoms with Crippen molar-refractivity contribution in [3.8, 4) is 0 Å². The van der Waals surface area contributed by atoms with Crippen LogP contribution in [0.4, 0.5) is 0 Å². The van der Waals surface area contributed by atoms with Crippen LogP contribution in [-0.4, -0.2) is 31.4 Å². The summed E-state index contributed by atoms with van der Waals surface area (Å²) in [5, 5.41) is 0. The van der Waals surface area contributed by atoms with Crippen LogP contribution >= 0.6 is 24.0 Å². The quantitative estimate of drug-likeness (QED) is 0.475. The van der Waals surface area contributed by atoms with E-state index in [1.807, 2.05) is 26.2 Å². The molecule has 0 saturated heterocycles. The molecule has 4 heteroatoms. The van der Waals surface area contributed by atoms with Gasteiger partial charge in [0.05, 0.1) is 0 Å². The standard InChI is InChI=1S/C7H13NO.C5H11N.HI/c1-3-4-5-6(2)7(8)9;1-4-5-6(2)3;/h5H,3-4H2,1-2H3,(H2,8,9);4H,1,5H2,2-3H3;1H. The second kappa shape index (κ2) is 14.6. The fraction of sp³-hybridized carbons (Fsp3) is 0.583. The molecule has 0 aliphatic rings. The Kier molecular flexibility index (Phi) is 19.2. The van der Waals surface area contributed by atoms with Crippen molar-refractivity contribution < 1.29 is 4.79 Å². The van der Waals surface area contributed by atoms with E-state index in [9.17, 15) is 4.79 Å². The van der Waals surface area contributed by atoms with Gasteiger partial charge in [0.1, 0.15) is 0 Å². The summed E-state index contributed by atoms with van der Waals surface area (Å²) in [4.78, 5) is 12.4. The third kappa shape index (κ3) is 19.2. The fourth-order valence-corrected chi connectivity index (χ4v) is 0.720. The van der Waals surface area contributed by atoms with Gasteiger partial charge in [0.25, 0.3) is 0 Å². The van der Waals surface area contributed by atoms with Crippen molar-refractivity contribution in [2.24, 2.45) is 5.73 Å². The van der Waals surface area contributed by atoms with Crippen LogP contribution in [0, 0.1) is 0 Å². The molecule has 0 radical (unpaired) electrons. The highest BCUT2D eigenvalue weighted by atomic mass is 127. The van der Waals surface area contributed by atoms with Crippen LogP contribution in [-0.2, 0) is 4.79 Å². The molecule has 1 amide bonds. The Morgan fingerprint density at radius 3 is 2.12 bits per heavy atom. The first kappa shape index (κ1) is 21.0. The number of likely N-dealkylation sites (N-methyl/N-ethyl adjacent to an activating group) is 1. The predicted octanol–water partition coefficient (Wildman–Crippen LogP) is 2.57. The number of halogens is 1. The number of nitrogens with two attached hydrogens (primary N) is 1. The summed E-state index contributed by atoms with van der Waals surface area (Å²) in [7, 11) is 4.03. The summed E-state index contributed by atoms with van der Waals surface area (Å²) >= 11 is 0. The van der Waals surface area contributed by atoms with Gasteiger partial charge in [-0.25, -0.2) is 0 Å². The number of rotatable bonds is 5. The van der Waals surface area contributed by atoms with Crippen molar-refractivity contribution in [3.05, 3.63) is 24.3 Å². The Morgan fingerprint density at radius 1 is 1.44 bits per heavy atom. The highest BCUT2D eigenvalue weighted by Crippen LogP contribution is 1.95. The molecule has 96 valence electrons. The lowest BCUT2D eigenvalue weighted by Gasteiger charge is -2.01.